The summed E-state index contributed by atoms with van der Waals surface area (Å²) in [6.07, 6.45) is 0. The van der Waals surface area contributed by atoms with Crippen molar-refractivity contribution < 1.29 is 9.18 Å². The maximum Gasteiger partial charge on any atom is 0.266 e. The first-order valence-electron chi connectivity index (χ1n) is 9.71. The Kier molecular flexibility index (Phi) is 6.29. The molecule has 0 saturated carbocycles. The van der Waals surface area contributed by atoms with E-state index in [2.05, 4.69) is 16.4 Å². The van der Waals surface area contributed by atoms with Gasteiger partial charge in [0.15, 0.2) is 5.16 Å². The van der Waals surface area contributed by atoms with Crippen molar-refractivity contribution >= 4 is 28.6 Å². The Balaban J connectivity index is 1.59. The smallest absolute Gasteiger partial charge is 0.266 e. The van der Waals surface area contributed by atoms with Gasteiger partial charge >= 0.3 is 0 Å². The third-order valence-electron chi connectivity index (χ3n) is 4.73. The van der Waals surface area contributed by atoms with Gasteiger partial charge in [0.2, 0.25) is 5.91 Å². The van der Waals surface area contributed by atoms with Gasteiger partial charge in [-0.2, -0.15) is 5.26 Å². The van der Waals surface area contributed by atoms with E-state index in [0.29, 0.717) is 27.3 Å². The predicted octanol–water partition coefficient (Wildman–Crippen LogP) is 3.80. The van der Waals surface area contributed by atoms with E-state index in [0.717, 1.165) is 17.3 Å². The van der Waals surface area contributed by atoms with Crippen molar-refractivity contribution in [1.82, 2.24) is 14.9 Å². The fourth-order valence-corrected chi connectivity index (χ4v) is 3.95. The molecule has 158 valence electrons. The van der Waals surface area contributed by atoms with Crippen molar-refractivity contribution in [2.45, 2.75) is 11.7 Å². The average Bonchev–Trinajstić information content (AvgIpc) is 2.82. The van der Waals surface area contributed by atoms with Crippen LogP contribution in [0.1, 0.15) is 11.1 Å². The van der Waals surface area contributed by atoms with Gasteiger partial charge in [-0.1, -0.05) is 36.0 Å². The third kappa shape index (κ3) is 4.68. The maximum absolute atomic E-state index is 13.2. The van der Waals surface area contributed by atoms with Crippen molar-refractivity contribution in [2.24, 2.45) is 0 Å². The second-order valence-corrected chi connectivity index (χ2v) is 7.85. The van der Waals surface area contributed by atoms with Gasteiger partial charge in [-0.15, -0.1) is 0 Å². The largest absolute Gasteiger partial charge is 0.351 e. The van der Waals surface area contributed by atoms with Gasteiger partial charge in [-0.05, 0) is 54.1 Å². The Morgan fingerprint density at radius 1 is 1.06 bits per heavy atom. The number of hydrogen-bond donors (Lipinski definition) is 1. The Morgan fingerprint density at radius 2 is 1.78 bits per heavy atom. The third-order valence-corrected chi connectivity index (χ3v) is 5.67. The summed E-state index contributed by atoms with van der Waals surface area (Å²) < 4.78 is 14.5. The molecule has 1 heterocycles. The van der Waals surface area contributed by atoms with E-state index in [4.69, 9.17) is 5.26 Å². The van der Waals surface area contributed by atoms with Gasteiger partial charge in [0, 0.05) is 6.54 Å². The molecular formula is C24H17FN4O2S. The molecule has 4 aromatic rings. The molecule has 0 spiro atoms. The van der Waals surface area contributed by atoms with Crippen LogP contribution < -0.4 is 10.9 Å². The number of carbonyl (C=O) groups is 1. The predicted molar refractivity (Wildman–Crippen MR) is 121 cm³/mol. The molecule has 0 radical (unpaired) electrons. The van der Waals surface area contributed by atoms with Gasteiger partial charge in [-0.25, -0.2) is 9.37 Å². The zero-order valence-corrected chi connectivity index (χ0v) is 17.6. The summed E-state index contributed by atoms with van der Waals surface area (Å²) in [6.45, 7) is 0.271. The fraction of sp³-hybridized carbons (Fsp3) is 0.0833. The summed E-state index contributed by atoms with van der Waals surface area (Å²) in [6, 6.07) is 21.6. The van der Waals surface area contributed by atoms with E-state index in [1.54, 1.807) is 60.7 Å². The van der Waals surface area contributed by atoms with E-state index < -0.39 is 0 Å². The first kappa shape index (κ1) is 21.3. The molecule has 0 bridgehead atoms. The molecule has 0 unspecified atom stereocenters. The lowest BCUT2D eigenvalue weighted by atomic mass is 10.2. The molecule has 1 amide bonds. The van der Waals surface area contributed by atoms with Crippen LogP contribution in [0.5, 0.6) is 0 Å². The number of nitrogens with one attached hydrogen (secondary N) is 1. The summed E-state index contributed by atoms with van der Waals surface area (Å²) in [5, 5.41) is 12.7. The summed E-state index contributed by atoms with van der Waals surface area (Å²) in [5.41, 5.74) is 2.10. The minimum atomic E-state index is -0.334. The number of rotatable bonds is 6. The Hall–Kier alpha value is -3.96. The number of halogens is 1. The zero-order valence-electron chi connectivity index (χ0n) is 16.8. The minimum absolute atomic E-state index is 0.0439. The van der Waals surface area contributed by atoms with Crippen LogP contribution in [0.4, 0.5) is 4.39 Å². The molecule has 32 heavy (non-hydrogen) atoms. The summed E-state index contributed by atoms with van der Waals surface area (Å²) >= 11 is 1.14. The Morgan fingerprint density at radius 3 is 2.50 bits per heavy atom. The molecule has 6 nitrogen and oxygen atoms in total. The Labute approximate surface area is 187 Å². The topological polar surface area (TPSA) is 87.8 Å². The molecule has 0 saturated heterocycles. The van der Waals surface area contributed by atoms with Crippen LogP contribution in [0.2, 0.25) is 0 Å². The van der Waals surface area contributed by atoms with Crippen LogP contribution in [0, 0.1) is 17.1 Å². The lowest BCUT2D eigenvalue weighted by Crippen LogP contribution is -2.26. The first-order chi connectivity index (χ1) is 15.5. The van der Waals surface area contributed by atoms with Crippen LogP contribution in [0.15, 0.2) is 82.7 Å². The van der Waals surface area contributed by atoms with Crippen LogP contribution in [-0.2, 0) is 11.3 Å². The molecule has 0 aliphatic rings. The number of aromatic nitrogens is 2. The molecule has 0 aliphatic heterocycles. The molecule has 0 atom stereocenters. The molecule has 0 fully saturated rings. The second kappa shape index (κ2) is 9.45. The highest BCUT2D eigenvalue weighted by Crippen LogP contribution is 2.21. The van der Waals surface area contributed by atoms with E-state index in [1.165, 1.54) is 16.7 Å². The van der Waals surface area contributed by atoms with Crippen LogP contribution in [0.3, 0.4) is 0 Å². The van der Waals surface area contributed by atoms with Crippen molar-refractivity contribution in [1.29, 1.82) is 5.26 Å². The number of carbonyl (C=O) groups excluding carboxylic acids is 1. The van der Waals surface area contributed by atoms with Crippen molar-refractivity contribution in [3.8, 4) is 11.8 Å². The van der Waals surface area contributed by atoms with Crippen molar-refractivity contribution in [3.63, 3.8) is 0 Å². The van der Waals surface area contributed by atoms with E-state index in [1.807, 2.05) is 0 Å². The minimum Gasteiger partial charge on any atom is -0.351 e. The number of nitrogens with zero attached hydrogens (tertiary/aromatic N) is 3. The van der Waals surface area contributed by atoms with Crippen LogP contribution in [-0.4, -0.2) is 21.2 Å². The van der Waals surface area contributed by atoms with Gasteiger partial charge in [0.1, 0.15) is 5.82 Å². The highest BCUT2D eigenvalue weighted by atomic mass is 32.2. The second-order valence-electron chi connectivity index (χ2n) is 6.90. The van der Waals surface area contributed by atoms with E-state index >= 15 is 0 Å². The first-order valence-corrected chi connectivity index (χ1v) is 10.7. The van der Waals surface area contributed by atoms with Crippen molar-refractivity contribution in [3.05, 3.63) is 100 Å². The number of para-hydroxylation sites is 1. The van der Waals surface area contributed by atoms with Gasteiger partial charge in [-0.3, -0.25) is 14.2 Å². The lowest BCUT2D eigenvalue weighted by molar-refractivity contribution is -0.118. The van der Waals surface area contributed by atoms with Gasteiger partial charge < -0.3 is 5.32 Å². The summed E-state index contributed by atoms with van der Waals surface area (Å²) in [7, 11) is 0. The van der Waals surface area contributed by atoms with Crippen LogP contribution in [0.25, 0.3) is 16.6 Å². The molecular weight excluding hydrogens is 427 g/mol. The SMILES string of the molecule is N#Cc1ccc(-n2c(SCC(=O)NCc3ccc(F)cc3)nc3ccccc3c2=O)cc1. The fourth-order valence-electron chi connectivity index (χ4n) is 3.11. The van der Waals surface area contributed by atoms with Gasteiger partial charge in [0.25, 0.3) is 5.56 Å². The van der Waals surface area contributed by atoms with E-state index in [-0.39, 0.29) is 29.6 Å². The van der Waals surface area contributed by atoms with Crippen LogP contribution >= 0.6 is 11.8 Å². The zero-order chi connectivity index (χ0) is 22.5. The van der Waals surface area contributed by atoms with Gasteiger partial charge in [0.05, 0.1) is 34.0 Å². The monoisotopic (exact) mass is 444 g/mol. The maximum atomic E-state index is 13.2. The molecule has 3 aromatic carbocycles. The molecule has 4 rings (SSSR count). The number of hydrogen-bond acceptors (Lipinski definition) is 5. The van der Waals surface area contributed by atoms with Crippen molar-refractivity contribution in [2.75, 3.05) is 5.75 Å². The number of nitriles is 1. The highest BCUT2D eigenvalue weighted by Gasteiger charge is 2.15. The number of fused-ring (bicyclic) bond motifs is 1. The Bertz CT molecular complexity index is 1380. The standard InChI is InChI=1S/C24H17FN4O2S/c25-18-9-5-17(6-10-18)14-27-22(30)15-32-24-28-21-4-2-1-3-20(21)23(31)29(24)19-11-7-16(13-26)8-12-19/h1-12H,14-15H2,(H,27,30). The quantitative estimate of drug-likeness (QED) is 0.361. The summed E-state index contributed by atoms with van der Waals surface area (Å²) in [4.78, 5) is 30.2. The molecule has 1 N–H and O–H groups in total. The summed E-state index contributed by atoms with van der Waals surface area (Å²) in [5.74, 6) is -0.533. The van der Waals surface area contributed by atoms with E-state index in [9.17, 15) is 14.0 Å². The number of thioether (sulfide) groups is 1. The average molecular weight is 444 g/mol. The number of amides is 1. The normalized spacial score (nSPS) is 10.6. The molecule has 0 aliphatic carbocycles. The molecule has 1 aromatic heterocycles. The highest BCUT2D eigenvalue weighted by molar-refractivity contribution is 7.99. The number of benzene rings is 3. The molecule has 8 heteroatoms. The lowest BCUT2D eigenvalue weighted by Gasteiger charge is -2.13.